The normalized spacial score (nSPS) is 18.1. The van der Waals surface area contributed by atoms with Crippen LogP contribution in [0.2, 0.25) is 0 Å². The van der Waals surface area contributed by atoms with E-state index in [-0.39, 0.29) is 11.9 Å². The lowest BCUT2D eigenvalue weighted by molar-refractivity contribution is -0.125. The Morgan fingerprint density at radius 1 is 1.24 bits per heavy atom. The highest BCUT2D eigenvalue weighted by Crippen LogP contribution is 2.40. The maximum atomic E-state index is 12.0. The number of likely N-dealkylation sites (tertiary alicyclic amines) is 1. The van der Waals surface area contributed by atoms with Gasteiger partial charge in [-0.3, -0.25) is 4.79 Å². The number of nitrogen functional groups attached to an aromatic ring is 1. The molecule has 1 amide bonds. The Balaban J connectivity index is 1.35. The van der Waals surface area contributed by atoms with Crippen molar-refractivity contribution in [2.45, 2.75) is 37.6 Å². The monoisotopic (exact) mass is 469 g/mol. The topological polar surface area (TPSA) is 103 Å². The Labute approximate surface area is 200 Å². The van der Waals surface area contributed by atoms with Crippen LogP contribution in [0, 0.1) is 11.8 Å². The minimum Gasteiger partial charge on any atom is -0.383 e. The third-order valence-corrected chi connectivity index (χ3v) is 7.90. The first-order valence-electron chi connectivity index (χ1n) is 11.4. The van der Waals surface area contributed by atoms with Crippen LogP contribution in [-0.2, 0) is 4.79 Å². The molecule has 0 bridgehead atoms. The first-order chi connectivity index (χ1) is 16.6. The zero-order chi connectivity index (χ0) is 23.2. The van der Waals surface area contributed by atoms with E-state index in [0.717, 1.165) is 17.5 Å². The molecule has 170 valence electrons. The van der Waals surface area contributed by atoms with Gasteiger partial charge in [0.1, 0.15) is 17.8 Å². The number of nitrogens with two attached hydrogens (primary N) is 1. The van der Waals surface area contributed by atoms with Crippen LogP contribution in [0.1, 0.15) is 53.9 Å². The summed E-state index contributed by atoms with van der Waals surface area (Å²) in [6.45, 7) is 4.78. The molecule has 9 heteroatoms. The van der Waals surface area contributed by atoms with E-state index in [4.69, 9.17) is 15.8 Å². The summed E-state index contributed by atoms with van der Waals surface area (Å²) in [5.41, 5.74) is 9.24. The van der Waals surface area contributed by atoms with Crippen LogP contribution in [0.15, 0.2) is 37.2 Å². The van der Waals surface area contributed by atoms with Crippen molar-refractivity contribution < 1.29 is 4.79 Å². The number of nitrogens with zero attached hydrogens (tertiary/aromatic N) is 6. The third-order valence-electron chi connectivity index (χ3n) is 6.70. The van der Waals surface area contributed by atoms with Gasteiger partial charge in [-0.05, 0) is 49.5 Å². The summed E-state index contributed by atoms with van der Waals surface area (Å²) in [6.07, 6.45) is 7.34. The lowest BCUT2D eigenvalue weighted by atomic mass is 9.86. The molecule has 34 heavy (non-hydrogen) atoms. The lowest BCUT2D eigenvalue weighted by Crippen LogP contribution is -2.27. The SMILES string of the molecule is C=CC(=O)N1CC[C@H](n2nc(C#Cc3ccc4sc(C5CCC5)nc4c3)c3c(N)ncnc32)C1. The third kappa shape index (κ3) is 3.51. The second-order valence-electron chi connectivity index (χ2n) is 8.79. The predicted molar refractivity (Wildman–Crippen MR) is 132 cm³/mol. The Bertz CT molecular complexity index is 1500. The van der Waals surface area contributed by atoms with E-state index in [1.807, 2.05) is 16.8 Å². The molecule has 0 unspecified atom stereocenters. The van der Waals surface area contributed by atoms with E-state index < -0.39 is 0 Å². The summed E-state index contributed by atoms with van der Waals surface area (Å²) in [7, 11) is 0. The highest BCUT2D eigenvalue weighted by atomic mass is 32.1. The molecule has 2 fully saturated rings. The Hall–Kier alpha value is -3.77. The summed E-state index contributed by atoms with van der Waals surface area (Å²) in [5.74, 6) is 7.31. The highest BCUT2D eigenvalue weighted by Gasteiger charge is 2.29. The molecule has 1 aromatic carbocycles. The molecular weight excluding hydrogens is 446 g/mol. The van der Waals surface area contributed by atoms with Gasteiger partial charge in [-0.15, -0.1) is 11.3 Å². The van der Waals surface area contributed by atoms with Crippen molar-refractivity contribution >= 4 is 44.3 Å². The highest BCUT2D eigenvalue weighted by molar-refractivity contribution is 7.18. The van der Waals surface area contributed by atoms with Gasteiger partial charge in [-0.2, -0.15) is 5.10 Å². The maximum absolute atomic E-state index is 12.0. The van der Waals surface area contributed by atoms with Gasteiger partial charge in [0.05, 0.1) is 26.7 Å². The second-order valence-corrected chi connectivity index (χ2v) is 9.86. The lowest BCUT2D eigenvalue weighted by Gasteiger charge is -2.22. The van der Waals surface area contributed by atoms with Crippen LogP contribution < -0.4 is 5.73 Å². The molecule has 0 spiro atoms. The van der Waals surface area contributed by atoms with Gasteiger partial charge < -0.3 is 10.6 Å². The fourth-order valence-corrected chi connectivity index (χ4v) is 5.71. The van der Waals surface area contributed by atoms with E-state index in [0.29, 0.717) is 41.6 Å². The number of fused-ring (bicyclic) bond motifs is 2. The number of hydrogen-bond acceptors (Lipinski definition) is 7. The van der Waals surface area contributed by atoms with Gasteiger partial charge in [0, 0.05) is 24.6 Å². The van der Waals surface area contributed by atoms with E-state index in [1.54, 1.807) is 16.2 Å². The molecule has 4 aromatic rings. The van der Waals surface area contributed by atoms with Crippen LogP contribution in [0.3, 0.4) is 0 Å². The van der Waals surface area contributed by atoms with Crippen molar-refractivity contribution in [2.75, 3.05) is 18.8 Å². The van der Waals surface area contributed by atoms with E-state index in [9.17, 15) is 4.79 Å². The molecule has 1 aliphatic carbocycles. The first kappa shape index (κ1) is 20.8. The molecule has 1 atom stereocenters. The van der Waals surface area contributed by atoms with Crippen LogP contribution in [0.25, 0.3) is 21.3 Å². The van der Waals surface area contributed by atoms with Crippen molar-refractivity contribution in [2.24, 2.45) is 0 Å². The summed E-state index contributed by atoms with van der Waals surface area (Å²) in [4.78, 5) is 27.2. The molecule has 3 aromatic heterocycles. The van der Waals surface area contributed by atoms with Gasteiger partial charge in [0.2, 0.25) is 5.91 Å². The molecule has 1 saturated heterocycles. The van der Waals surface area contributed by atoms with Crippen molar-refractivity contribution in [3.63, 3.8) is 0 Å². The van der Waals surface area contributed by atoms with E-state index >= 15 is 0 Å². The summed E-state index contributed by atoms with van der Waals surface area (Å²) < 4.78 is 3.03. The molecule has 6 rings (SSSR count). The van der Waals surface area contributed by atoms with Gasteiger partial charge >= 0.3 is 0 Å². The minimum atomic E-state index is -0.0778. The van der Waals surface area contributed by atoms with Crippen LogP contribution in [0.4, 0.5) is 5.82 Å². The molecular formula is C25H23N7OS. The number of benzene rings is 1. The van der Waals surface area contributed by atoms with Crippen molar-refractivity contribution in [1.29, 1.82) is 0 Å². The van der Waals surface area contributed by atoms with Gasteiger partial charge in [-0.25, -0.2) is 19.6 Å². The maximum Gasteiger partial charge on any atom is 0.246 e. The number of carbonyl (C=O) groups excluding carboxylic acids is 1. The Morgan fingerprint density at radius 3 is 2.91 bits per heavy atom. The zero-order valence-electron chi connectivity index (χ0n) is 18.6. The molecule has 2 N–H and O–H groups in total. The minimum absolute atomic E-state index is 0.00691. The summed E-state index contributed by atoms with van der Waals surface area (Å²) >= 11 is 1.79. The molecule has 1 aliphatic heterocycles. The summed E-state index contributed by atoms with van der Waals surface area (Å²) in [6, 6.07) is 6.15. The first-order valence-corrected chi connectivity index (χ1v) is 12.2. The van der Waals surface area contributed by atoms with Crippen LogP contribution >= 0.6 is 11.3 Å². The van der Waals surface area contributed by atoms with Gasteiger partial charge in [-0.1, -0.05) is 18.9 Å². The predicted octanol–water partition coefficient (Wildman–Crippen LogP) is 3.64. The molecule has 1 saturated carbocycles. The number of amides is 1. The Kier molecular flexibility index (Phi) is 5.03. The van der Waals surface area contributed by atoms with Crippen molar-refractivity contribution in [3.8, 4) is 11.8 Å². The largest absolute Gasteiger partial charge is 0.383 e. The zero-order valence-corrected chi connectivity index (χ0v) is 19.4. The summed E-state index contributed by atoms with van der Waals surface area (Å²) in [5, 5.41) is 6.64. The Morgan fingerprint density at radius 2 is 2.12 bits per heavy atom. The second kappa shape index (κ2) is 8.22. The average Bonchev–Trinajstić information content (AvgIpc) is 3.52. The molecule has 2 aliphatic rings. The van der Waals surface area contributed by atoms with E-state index in [1.165, 1.54) is 41.4 Å². The number of hydrogen-bond donors (Lipinski definition) is 1. The number of aromatic nitrogens is 5. The van der Waals surface area contributed by atoms with Crippen LogP contribution in [0.5, 0.6) is 0 Å². The van der Waals surface area contributed by atoms with E-state index in [2.05, 4.69) is 34.5 Å². The van der Waals surface area contributed by atoms with Crippen molar-refractivity contribution in [3.05, 3.63) is 53.4 Å². The molecule has 4 heterocycles. The number of anilines is 1. The fourth-order valence-electron chi connectivity index (χ4n) is 4.59. The van der Waals surface area contributed by atoms with Gasteiger partial charge in [0.25, 0.3) is 0 Å². The molecule has 8 nitrogen and oxygen atoms in total. The number of thiazole rings is 1. The van der Waals surface area contributed by atoms with Crippen LogP contribution in [-0.4, -0.2) is 48.6 Å². The van der Waals surface area contributed by atoms with Crippen molar-refractivity contribution in [1.82, 2.24) is 29.6 Å². The fraction of sp³-hybridized carbons (Fsp3) is 0.320. The number of rotatable bonds is 3. The molecule has 0 radical (unpaired) electrons. The quantitative estimate of drug-likeness (QED) is 0.363. The standard InChI is InChI=1S/C25H23N7OS/c1-2-21(33)31-11-10-17(13-31)32-24-22(23(26)27-14-28-24)18(30-32)8-6-15-7-9-20-19(12-15)29-25(34-20)16-4-3-5-16/h2,7,9,12,14,16-17H,1,3-5,10-11,13H2,(H2,26,27,28)/t17-/m0/s1. The number of carbonyl (C=O) groups is 1. The van der Waals surface area contributed by atoms with Gasteiger partial charge in [0.15, 0.2) is 5.65 Å². The smallest absolute Gasteiger partial charge is 0.246 e. The average molecular weight is 470 g/mol.